The van der Waals surface area contributed by atoms with E-state index < -0.39 is 5.91 Å². The molecule has 1 amide bonds. The second-order valence-corrected chi connectivity index (χ2v) is 6.40. The number of aromatic nitrogens is 4. The zero-order valence-corrected chi connectivity index (χ0v) is 15.0. The van der Waals surface area contributed by atoms with E-state index in [0.717, 1.165) is 12.0 Å². The summed E-state index contributed by atoms with van der Waals surface area (Å²) in [4.78, 5) is 19.0. The van der Waals surface area contributed by atoms with Crippen molar-refractivity contribution in [3.63, 3.8) is 0 Å². The Kier molecular flexibility index (Phi) is 3.92. The normalized spacial score (nSPS) is 11.2. The van der Waals surface area contributed by atoms with E-state index in [-0.39, 0.29) is 5.75 Å². The first kappa shape index (κ1) is 16.8. The van der Waals surface area contributed by atoms with Crippen molar-refractivity contribution in [2.75, 3.05) is 0 Å². The molecule has 2 aromatic heterocycles. The number of aryl methyl sites for hydroxylation is 2. The Balaban J connectivity index is 1.84. The number of imidazole rings is 1. The van der Waals surface area contributed by atoms with Crippen LogP contribution in [0.1, 0.15) is 22.8 Å². The van der Waals surface area contributed by atoms with Gasteiger partial charge in [-0.25, -0.2) is 4.98 Å². The van der Waals surface area contributed by atoms with Crippen molar-refractivity contribution in [2.45, 2.75) is 13.3 Å². The summed E-state index contributed by atoms with van der Waals surface area (Å²) < 4.78 is 1.59. The quantitative estimate of drug-likeness (QED) is 0.519. The van der Waals surface area contributed by atoms with Crippen LogP contribution in [-0.2, 0) is 13.5 Å². The SMILES string of the molecule is CCc1cccc(-c2nn(C)c(-c3nc4ccc(C(N)=O)cc4[nH]3)c2O)c1. The molecule has 0 unspecified atom stereocenters. The van der Waals surface area contributed by atoms with Crippen molar-refractivity contribution in [1.29, 1.82) is 0 Å². The fourth-order valence-corrected chi connectivity index (χ4v) is 3.19. The highest BCUT2D eigenvalue weighted by atomic mass is 16.3. The van der Waals surface area contributed by atoms with Gasteiger partial charge < -0.3 is 15.8 Å². The number of primary amides is 1. The molecule has 0 aliphatic carbocycles. The molecule has 0 fully saturated rings. The van der Waals surface area contributed by atoms with Crippen molar-refractivity contribution in [3.8, 4) is 28.5 Å². The molecule has 4 N–H and O–H groups in total. The van der Waals surface area contributed by atoms with Crippen LogP contribution in [-0.4, -0.2) is 30.8 Å². The van der Waals surface area contributed by atoms with Gasteiger partial charge in [-0.15, -0.1) is 0 Å². The van der Waals surface area contributed by atoms with Crippen LogP contribution in [0.5, 0.6) is 5.75 Å². The van der Waals surface area contributed by atoms with Crippen molar-refractivity contribution < 1.29 is 9.90 Å². The Labute approximate surface area is 155 Å². The number of nitrogens with one attached hydrogen (secondary N) is 1. The number of H-pyrrole nitrogens is 1. The number of aromatic amines is 1. The standard InChI is InChI=1S/C20H19N5O2/c1-3-11-5-4-6-12(9-11)16-18(26)17(25(2)24-16)20-22-14-8-7-13(19(21)27)10-15(14)23-20/h4-10,26H,3H2,1-2H3,(H2,21,27)(H,22,23). The molecule has 0 saturated carbocycles. The first-order valence-electron chi connectivity index (χ1n) is 8.63. The Bertz CT molecular complexity index is 1170. The molecule has 7 heteroatoms. The van der Waals surface area contributed by atoms with Crippen molar-refractivity contribution in [3.05, 3.63) is 53.6 Å². The maximum Gasteiger partial charge on any atom is 0.248 e. The number of aromatic hydroxyl groups is 1. The second kappa shape index (κ2) is 6.28. The molecule has 4 rings (SSSR count). The van der Waals surface area contributed by atoms with E-state index in [1.807, 2.05) is 24.3 Å². The van der Waals surface area contributed by atoms with Gasteiger partial charge >= 0.3 is 0 Å². The smallest absolute Gasteiger partial charge is 0.248 e. The van der Waals surface area contributed by atoms with Crippen molar-refractivity contribution in [1.82, 2.24) is 19.7 Å². The van der Waals surface area contributed by atoms with E-state index in [4.69, 9.17) is 5.73 Å². The van der Waals surface area contributed by atoms with E-state index in [9.17, 15) is 9.90 Å². The summed E-state index contributed by atoms with van der Waals surface area (Å²) in [6, 6.07) is 12.9. The van der Waals surface area contributed by atoms with Gasteiger partial charge in [0, 0.05) is 18.2 Å². The molecule has 0 radical (unpaired) electrons. The zero-order chi connectivity index (χ0) is 19.1. The number of carbonyl (C=O) groups excluding carboxylic acids is 1. The molecule has 0 atom stereocenters. The highest BCUT2D eigenvalue weighted by Gasteiger charge is 2.21. The van der Waals surface area contributed by atoms with E-state index in [2.05, 4.69) is 22.0 Å². The maximum absolute atomic E-state index is 11.4. The number of rotatable bonds is 4. The van der Waals surface area contributed by atoms with Gasteiger partial charge in [-0.2, -0.15) is 5.10 Å². The summed E-state index contributed by atoms with van der Waals surface area (Å²) in [6.07, 6.45) is 0.903. The highest BCUT2D eigenvalue weighted by molar-refractivity contribution is 5.96. The van der Waals surface area contributed by atoms with Crippen molar-refractivity contribution in [2.24, 2.45) is 12.8 Å². The maximum atomic E-state index is 11.4. The minimum Gasteiger partial charge on any atom is -0.504 e. The van der Waals surface area contributed by atoms with Gasteiger partial charge in [-0.05, 0) is 36.2 Å². The predicted octanol–water partition coefficient (Wildman–Crippen LogP) is 3.00. The van der Waals surface area contributed by atoms with E-state index in [0.29, 0.717) is 33.8 Å². The molecule has 7 nitrogen and oxygen atoms in total. The van der Waals surface area contributed by atoms with Crippen molar-refractivity contribution >= 4 is 16.9 Å². The summed E-state index contributed by atoms with van der Waals surface area (Å²) in [5, 5.41) is 15.3. The number of nitrogens with zero attached hydrogens (tertiary/aromatic N) is 3. The Morgan fingerprint density at radius 2 is 2.07 bits per heavy atom. The lowest BCUT2D eigenvalue weighted by molar-refractivity contribution is 0.100. The lowest BCUT2D eigenvalue weighted by Crippen LogP contribution is -2.10. The average Bonchev–Trinajstić information content (AvgIpc) is 3.20. The molecule has 4 aromatic rings. The van der Waals surface area contributed by atoms with Crippen LogP contribution in [0.15, 0.2) is 42.5 Å². The first-order chi connectivity index (χ1) is 13.0. The summed E-state index contributed by atoms with van der Waals surface area (Å²) in [5.41, 5.74) is 10.1. The third kappa shape index (κ3) is 2.83. The minimum atomic E-state index is -0.505. The monoisotopic (exact) mass is 361 g/mol. The molecular weight excluding hydrogens is 342 g/mol. The number of fused-ring (bicyclic) bond motifs is 1. The van der Waals surface area contributed by atoms with Gasteiger partial charge in [0.25, 0.3) is 0 Å². The highest BCUT2D eigenvalue weighted by Crippen LogP contribution is 2.37. The number of nitrogens with two attached hydrogens (primary N) is 1. The number of benzene rings is 2. The molecule has 0 aliphatic heterocycles. The predicted molar refractivity (Wildman–Crippen MR) is 103 cm³/mol. The van der Waals surface area contributed by atoms with Crippen LogP contribution >= 0.6 is 0 Å². The van der Waals surface area contributed by atoms with E-state index in [1.54, 1.807) is 29.9 Å². The van der Waals surface area contributed by atoms with Gasteiger partial charge in [0.15, 0.2) is 11.6 Å². The van der Waals surface area contributed by atoms with Crippen LogP contribution in [0, 0.1) is 0 Å². The zero-order valence-electron chi connectivity index (χ0n) is 15.0. The summed E-state index contributed by atoms with van der Waals surface area (Å²) >= 11 is 0. The number of amides is 1. The molecule has 2 aromatic carbocycles. The summed E-state index contributed by atoms with van der Waals surface area (Å²) in [6.45, 7) is 2.08. The first-order valence-corrected chi connectivity index (χ1v) is 8.63. The fourth-order valence-electron chi connectivity index (χ4n) is 3.19. The lowest BCUT2D eigenvalue weighted by Gasteiger charge is -2.01. The molecule has 2 heterocycles. The molecule has 0 spiro atoms. The summed E-state index contributed by atoms with van der Waals surface area (Å²) in [5.74, 6) is 0.0199. The minimum absolute atomic E-state index is 0.0555. The van der Waals surface area contributed by atoms with Gasteiger partial charge in [0.2, 0.25) is 5.91 Å². The Morgan fingerprint density at radius 1 is 1.26 bits per heavy atom. The Morgan fingerprint density at radius 3 is 2.81 bits per heavy atom. The molecule has 136 valence electrons. The van der Waals surface area contributed by atoms with Gasteiger partial charge in [0.05, 0.1) is 11.0 Å². The van der Waals surface area contributed by atoms with Crippen LogP contribution in [0.4, 0.5) is 0 Å². The second-order valence-electron chi connectivity index (χ2n) is 6.40. The van der Waals surface area contributed by atoms with Gasteiger partial charge in [-0.3, -0.25) is 9.48 Å². The third-order valence-electron chi connectivity index (χ3n) is 4.62. The fraction of sp³-hybridized carbons (Fsp3) is 0.150. The van der Waals surface area contributed by atoms with Crippen LogP contribution in [0.2, 0.25) is 0 Å². The van der Waals surface area contributed by atoms with Gasteiger partial charge in [-0.1, -0.05) is 25.1 Å². The van der Waals surface area contributed by atoms with E-state index >= 15 is 0 Å². The lowest BCUT2D eigenvalue weighted by atomic mass is 10.1. The van der Waals surface area contributed by atoms with Gasteiger partial charge in [0.1, 0.15) is 11.4 Å². The number of hydrogen-bond acceptors (Lipinski definition) is 4. The largest absolute Gasteiger partial charge is 0.504 e. The van der Waals surface area contributed by atoms with Crippen LogP contribution < -0.4 is 5.73 Å². The van der Waals surface area contributed by atoms with Crippen LogP contribution in [0.25, 0.3) is 33.8 Å². The van der Waals surface area contributed by atoms with E-state index in [1.165, 1.54) is 5.56 Å². The average molecular weight is 361 g/mol. The molecular formula is C20H19N5O2. The molecule has 0 aliphatic rings. The van der Waals surface area contributed by atoms with Crippen LogP contribution in [0.3, 0.4) is 0 Å². The molecule has 0 saturated heterocycles. The number of carbonyl (C=O) groups is 1. The Hall–Kier alpha value is -3.61. The topological polar surface area (TPSA) is 110 Å². The molecule has 0 bridgehead atoms. The third-order valence-corrected chi connectivity index (χ3v) is 4.62. The molecule has 27 heavy (non-hydrogen) atoms. The number of hydrogen-bond donors (Lipinski definition) is 3. The summed E-state index contributed by atoms with van der Waals surface area (Å²) in [7, 11) is 1.75.